The molecular formula is C24H22ClF3N4O4. The Bertz CT molecular complexity index is 1340. The summed E-state index contributed by atoms with van der Waals surface area (Å²) < 4.78 is 43.1. The highest BCUT2D eigenvalue weighted by Gasteiger charge is 2.38. The number of H-pyrrole nitrogens is 1. The number of pyridine rings is 2. The largest absolute Gasteiger partial charge is 0.495 e. The number of halogens is 4. The normalized spacial score (nSPS) is 11.1. The van der Waals surface area contributed by atoms with Gasteiger partial charge < -0.3 is 24.9 Å². The monoisotopic (exact) mass is 522 g/mol. The number of ether oxygens (including phenoxy) is 2. The van der Waals surface area contributed by atoms with Crippen molar-refractivity contribution in [1.82, 2.24) is 20.3 Å². The Morgan fingerprint density at radius 1 is 1.19 bits per heavy atom. The Kier molecular flexibility index (Phi) is 8.73. The molecule has 4 rings (SSSR count). The Morgan fingerprint density at radius 2 is 1.94 bits per heavy atom. The predicted molar refractivity (Wildman–Crippen MR) is 129 cm³/mol. The number of nitrogens with one attached hydrogen (secondary N) is 2. The zero-order chi connectivity index (χ0) is 26.3. The highest BCUT2D eigenvalue weighted by atomic mass is 35.5. The smallest absolute Gasteiger partial charge is 0.490 e. The van der Waals surface area contributed by atoms with Crippen LogP contribution in [-0.2, 0) is 4.79 Å². The van der Waals surface area contributed by atoms with Crippen LogP contribution in [0.4, 0.5) is 13.2 Å². The molecule has 0 saturated carbocycles. The molecule has 8 nitrogen and oxygen atoms in total. The summed E-state index contributed by atoms with van der Waals surface area (Å²) in [7, 11) is 3.50. The number of nitrogens with zero attached hydrogens (tertiary/aromatic N) is 2. The molecule has 0 spiro atoms. The maximum Gasteiger partial charge on any atom is 0.490 e. The van der Waals surface area contributed by atoms with Gasteiger partial charge in [-0.1, -0.05) is 17.7 Å². The van der Waals surface area contributed by atoms with Gasteiger partial charge >= 0.3 is 12.1 Å². The van der Waals surface area contributed by atoms with E-state index in [4.69, 9.17) is 31.0 Å². The van der Waals surface area contributed by atoms with Crippen LogP contribution < -0.4 is 14.8 Å². The molecule has 3 N–H and O–H groups in total. The Hall–Kier alpha value is -3.83. The number of aliphatic carboxylic acids is 1. The fourth-order valence-electron chi connectivity index (χ4n) is 3.28. The number of aromatic nitrogens is 3. The first-order valence-electron chi connectivity index (χ1n) is 10.5. The van der Waals surface area contributed by atoms with Gasteiger partial charge in [-0.15, -0.1) is 0 Å². The van der Waals surface area contributed by atoms with E-state index in [9.17, 15) is 13.2 Å². The number of carboxylic acid groups (broad SMARTS) is 1. The first kappa shape index (κ1) is 26.8. The van der Waals surface area contributed by atoms with Crippen molar-refractivity contribution in [2.24, 2.45) is 0 Å². The minimum atomic E-state index is -5.08. The third kappa shape index (κ3) is 6.23. The van der Waals surface area contributed by atoms with Crippen LogP contribution >= 0.6 is 11.6 Å². The first-order chi connectivity index (χ1) is 17.2. The van der Waals surface area contributed by atoms with E-state index in [1.807, 2.05) is 43.4 Å². The van der Waals surface area contributed by atoms with Gasteiger partial charge in [-0.05, 0) is 42.9 Å². The van der Waals surface area contributed by atoms with E-state index in [2.05, 4.69) is 20.3 Å². The molecule has 0 amide bonds. The van der Waals surface area contributed by atoms with Crippen LogP contribution in [0.15, 0.2) is 55.0 Å². The maximum absolute atomic E-state index is 10.6. The number of hydrogen-bond donors (Lipinski definition) is 3. The predicted octanol–water partition coefficient (Wildman–Crippen LogP) is 5.19. The summed E-state index contributed by atoms with van der Waals surface area (Å²) in [5, 5.41) is 10.8. The molecule has 12 heteroatoms. The molecule has 36 heavy (non-hydrogen) atoms. The molecule has 0 aliphatic rings. The quantitative estimate of drug-likeness (QED) is 0.287. The molecule has 3 heterocycles. The van der Waals surface area contributed by atoms with Crippen LogP contribution in [-0.4, -0.2) is 59.5 Å². The second-order valence-electron chi connectivity index (χ2n) is 7.25. The number of carboxylic acids is 1. The van der Waals surface area contributed by atoms with Crippen molar-refractivity contribution in [2.75, 3.05) is 27.3 Å². The van der Waals surface area contributed by atoms with E-state index in [1.54, 1.807) is 25.7 Å². The fourth-order valence-corrected chi connectivity index (χ4v) is 3.48. The summed E-state index contributed by atoms with van der Waals surface area (Å²) in [4.78, 5) is 21.2. The number of benzene rings is 1. The number of aromatic amines is 1. The maximum atomic E-state index is 10.6. The van der Waals surface area contributed by atoms with Crippen LogP contribution in [0.25, 0.3) is 33.4 Å². The Labute approximate surface area is 209 Å². The molecule has 190 valence electrons. The standard InChI is InChI=1S/C22H21ClN4O2.C2HF3O2/c1-24-10-11-29-19-13-25-9-7-15(19)21-20(22-17(27-21)4-3-8-26-22)14-5-6-16(23)18(12-14)28-2;3-2(4,5)1(6)7/h3-9,12-13,24,27H,10-11H2,1-2H3;(H,6,7). The summed E-state index contributed by atoms with van der Waals surface area (Å²) in [6, 6.07) is 11.6. The van der Waals surface area contributed by atoms with E-state index < -0.39 is 12.1 Å². The third-order valence-electron chi connectivity index (χ3n) is 4.90. The van der Waals surface area contributed by atoms with Gasteiger partial charge in [-0.3, -0.25) is 9.97 Å². The van der Waals surface area contributed by atoms with E-state index in [0.717, 1.165) is 40.0 Å². The van der Waals surface area contributed by atoms with E-state index in [-0.39, 0.29) is 0 Å². The molecule has 0 radical (unpaired) electrons. The van der Waals surface area contributed by atoms with Crippen molar-refractivity contribution in [3.63, 3.8) is 0 Å². The number of fused-ring (bicyclic) bond motifs is 1. The van der Waals surface area contributed by atoms with E-state index in [0.29, 0.717) is 23.1 Å². The van der Waals surface area contributed by atoms with Gasteiger partial charge in [0.1, 0.15) is 18.1 Å². The lowest BCUT2D eigenvalue weighted by Crippen LogP contribution is -2.21. The van der Waals surface area contributed by atoms with Crippen LogP contribution in [0, 0.1) is 0 Å². The molecule has 0 bridgehead atoms. The van der Waals surface area contributed by atoms with Crippen molar-refractivity contribution in [3.8, 4) is 33.9 Å². The molecule has 0 atom stereocenters. The van der Waals surface area contributed by atoms with Gasteiger partial charge in [0.25, 0.3) is 0 Å². The summed E-state index contributed by atoms with van der Waals surface area (Å²) >= 11 is 6.25. The van der Waals surface area contributed by atoms with Crippen molar-refractivity contribution < 1.29 is 32.5 Å². The molecule has 0 aliphatic carbocycles. The number of likely N-dealkylation sites (N-methyl/N-ethyl adjacent to an activating group) is 1. The topological polar surface area (TPSA) is 109 Å². The summed E-state index contributed by atoms with van der Waals surface area (Å²) in [6.45, 7) is 1.28. The van der Waals surface area contributed by atoms with E-state index in [1.165, 1.54) is 0 Å². The zero-order valence-corrected chi connectivity index (χ0v) is 19.9. The second-order valence-corrected chi connectivity index (χ2v) is 7.66. The Balaban J connectivity index is 0.000000454. The summed E-state index contributed by atoms with van der Waals surface area (Å²) in [5.74, 6) is -1.44. The summed E-state index contributed by atoms with van der Waals surface area (Å²) in [5.41, 5.74) is 5.53. The molecule has 0 aliphatic heterocycles. The fraction of sp³-hybridized carbons (Fsp3) is 0.208. The van der Waals surface area contributed by atoms with Crippen LogP contribution in [0.3, 0.4) is 0 Å². The van der Waals surface area contributed by atoms with Crippen LogP contribution in [0.1, 0.15) is 0 Å². The van der Waals surface area contributed by atoms with Gasteiger partial charge in [0.05, 0.1) is 35.1 Å². The number of carbonyl (C=O) groups is 1. The van der Waals surface area contributed by atoms with Gasteiger partial charge in [0.2, 0.25) is 0 Å². The van der Waals surface area contributed by atoms with Crippen molar-refractivity contribution in [3.05, 3.63) is 60.0 Å². The van der Waals surface area contributed by atoms with Crippen LogP contribution in [0.2, 0.25) is 5.02 Å². The number of methoxy groups -OCH3 is 1. The van der Waals surface area contributed by atoms with Gasteiger partial charge in [0, 0.05) is 30.1 Å². The van der Waals surface area contributed by atoms with Gasteiger partial charge in [-0.25, -0.2) is 4.79 Å². The molecule has 3 aromatic heterocycles. The third-order valence-corrected chi connectivity index (χ3v) is 5.21. The van der Waals surface area contributed by atoms with Gasteiger partial charge in [-0.2, -0.15) is 13.2 Å². The van der Waals surface area contributed by atoms with Gasteiger partial charge in [0.15, 0.2) is 0 Å². The van der Waals surface area contributed by atoms with Crippen LogP contribution in [0.5, 0.6) is 11.5 Å². The molecule has 0 fully saturated rings. The zero-order valence-electron chi connectivity index (χ0n) is 19.2. The minimum absolute atomic E-state index is 0.539. The summed E-state index contributed by atoms with van der Waals surface area (Å²) in [6.07, 6.45) is 0.190. The lowest BCUT2D eigenvalue weighted by molar-refractivity contribution is -0.192. The molecule has 0 saturated heterocycles. The molecule has 1 aromatic carbocycles. The minimum Gasteiger partial charge on any atom is -0.495 e. The van der Waals surface area contributed by atoms with Crippen molar-refractivity contribution in [2.45, 2.75) is 6.18 Å². The average molecular weight is 523 g/mol. The molecule has 0 unspecified atom stereocenters. The highest BCUT2D eigenvalue weighted by Crippen LogP contribution is 2.42. The molecular weight excluding hydrogens is 501 g/mol. The average Bonchev–Trinajstić information content (AvgIpc) is 3.24. The van der Waals surface area contributed by atoms with E-state index >= 15 is 0 Å². The van der Waals surface area contributed by atoms with Crippen molar-refractivity contribution >= 4 is 28.6 Å². The Morgan fingerprint density at radius 3 is 2.61 bits per heavy atom. The first-order valence-corrected chi connectivity index (χ1v) is 10.9. The number of rotatable bonds is 7. The SMILES string of the molecule is CNCCOc1cnccc1-c1[nH]c2cccnc2c1-c1ccc(Cl)c(OC)c1.O=C(O)C(F)(F)F. The lowest BCUT2D eigenvalue weighted by Gasteiger charge is -2.12. The number of alkyl halides is 3. The highest BCUT2D eigenvalue weighted by molar-refractivity contribution is 6.32. The number of hydrogen-bond acceptors (Lipinski definition) is 6. The second kappa shape index (κ2) is 11.7. The lowest BCUT2D eigenvalue weighted by atomic mass is 10.0. The van der Waals surface area contributed by atoms with Crippen molar-refractivity contribution in [1.29, 1.82) is 0 Å². The molecule has 4 aromatic rings.